The van der Waals surface area contributed by atoms with Gasteiger partial charge in [-0.15, -0.1) is 0 Å². The van der Waals surface area contributed by atoms with Gasteiger partial charge in [-0.2, -0.15) is 0 Å². The van der Waals surface area contributed by atoms with E-state index in [0.29, 0.717) is 11.8 Å². The predicted molar refractivity (Wildman–Crippen MR) is 40.8 cm³/mol. The molecule has 0 aromatic carbocycles. The quantitative estimate of drug-likeness (QED) is 0.558. The van der Waals surface area contributed by atoms with Crippen LogP contribution in [0.3, 0.4) is 0 Å². The number of hydrogen-bond acceptors (Lipinski definition) is 2. The first kappa shape index (κ1) is 8.92. The zero-order valence-electron chi connectivity index (χ0n) is 6.59. The summed E-state index contributed by atoms with van der Waals surface area (Å²) in [7, 11) is 0. The van der Waals surface area contributed by atoms with Crippen molar-refractivity contribution in [3.05, 3.63) is 0 Å². The Labute approximate surface area is 57.6 Å². The summed E-state index contributed by atoms with van der Waals surface area (Å²) in [5, 5.41) is 0. The molecule has 2 nitrogen and oxygen atoms in total. The van der Waals surface area contributed by atoms with Gasteiger partial charge in [-0.3, -0.25) is 0 Å². The van der Waals surface area contributed by atoms with Gasteiger partial charge in [-0.1, -0.05) is 27.2 Å². The minimum atomic E-state index is -0.153. The molecule has 0 fully saturated rings. The molecule has 0 unspecified atom stereocenters. The monoisotopic (exact) mass is 130 g/mol. The van der Waals surface area contributed by atoms with Crippen molar-refractivity contribution in [3.8, 4) is 0 Å². The van der Waals surface area contributed by atoms with Crippen LogP contribution < -0.4 is 11.5 Å². The van der Waals surface area contributed by atoms with Crippen molar-refractivity contribution < 1.29 is 0 Å². The second kappa shape index (κ2) is 3.85. The SMILES string of the molecule is CC[C@H](C)[C@@H](C)C(N)N. The van der Waals surface area contributed by atoms with Crippen molar-refractivity contribution in [1.29, 1.82) is 0 Å². The second-order valence-electron chi connectivity index (χ2n) is 2.82. The molecule has 0 saturated heterocycles. The van der Waals surface area contributed by atoms with Crippen LogP contribution >= 0.6 is 0 Å². The highest BCUT2D eigenvalue weighted by atomic mass is 14.9. The highest BCUT2D eigenvalue weighted by molar-refractivity contribution is 4.66. The summed E-state index contributed by atoms with van der Waals surface area (Å²) < 4.78 is 0. The van der Waals surface area contributed by atoms with E-state index in [1.165, 1.54) is 0 Å². The van der Waals surface area contributed by atoms with E-state index in [2.05, 4.69) is 20.8 Å². The van der Waals surface area contributed by atoms with E-state index in [9.17, 15) is 0 Å². The summed E-state index contributed by atoms with van der Waals surface area (Å²) in [6, 6.07) is 0. The molecule has 2 atom stereocenters. The van der Waals surface area contributed by atoms with E-state index in [0.717, 1.165) is 6.42 Å². The highest BCUT2D eigenvalue weighted by Gasteiger charge is 2.13. The molecule has 0 radical (unpaired) electrons. The molecule has 0 rings (SSSR count). The van der Waals surface area contributed by atoms with Gasteiger partial charge in [0.25, 0.3) is 0 Å². The Morgan fingerprint density at radius 1 is 1.22 bits per heavy atom. The lowest BCUT2D eigenvalue weighted by molar-refractivity contribution is 0.321. The number of rotatable bonds is 3. The normalized spacial score (nSPS) is 18.0. The lowest BCUT2D eigenvalue weighted by Gasteiger charge is -2.21. The molecule has 4 N–H and O–H groups in total. The Morgan fingerprint density at radius 2 is 1.67 bits per heavy atom. The maximum Gasteiger partial charge on any atom is 0.0549 e. The zero-order valence-corrected chi connectivity index (χ0v) is 6.59. The molecule has 56 valence electrons. The van der Waals surface area contributed by atoms with Crippen LogP contribution in [-0.4, -0.2) is 6.17 Å². The topological polar surface area (TPSA) is 52.0 Å². The van der Waals surface area contributed by atoms with Gasteiger partial charge >= 0.3 is 0 Å². The molecule has 0 aliphatic rings. The van der Waals surface area contributed by atoms with E-state index in [-0.39, 0.29) is 6.17 Å². The summed E-state index contributed by atoms with van der Waals surface area (Å²) >= 11 is 0. The van der Waals surface area contributed by atoms with E-state index >= 15 is 0 Å². The van der Waals surface area contributed by atoms with Crippen molar-refractivity contribution in [2.45, 2.75) is 33.4 Å². The van der Waals surface area contributed by atoms with Crippen molar-refractivity contribution >= 4 is 0 Å². The average Bonchev–Trinajstić information content (AvgIpc) is 1.84. The fourth-order valence-electron chi connectivity index (χ4n) is 0.751. The van der Waals surface area contributed by atoms with Crippen LogP contribution in [-0.2, 0) is 0 Å². The molecular weight excluding hydrogens is 112 g/mol. The number of hydrogen-bond donors (Lipinski definition) is 2. The molecule has 0 bridgehead atoms. The molecule has 0 amide bonds. The lowest BCUT2D eigenvalue weighted by Crippen LogP contribution is -2.40. The van der Waals surface area contributed by atoms with Crippen LogP contribution in [0.5, 0.6) is 0 Å². The zero-order chi connectivity index (χ0) is 7.44. The molecule has 0 spiro atoms. The maximum atomic E-state index is 5.49. The Kier molecular flexibility index (Phi) is 3.82. The van der Waals surface area contributed by atoms with Crippen LogP contribution in [0.2, 0.25) is 0 Å². The van der Waals surface area contributed by atoms with Gasteiger partial charge in [-0.05, 0) is 11.8 Å². The third-order valence-electron chi connectivity index (χ3n) is 2.15. The van der Waals surface area contributed by atoms with Crippen LogP contribution in [0, 0.1) is 11.8 Å². The average molecular weight is 130 g/mol. The third kappa shape index (κ3) is 2.82. The van der Waals surface area contributed by atoms with E-state index < -0.39 is 0 Å². The van der Waals surface area contributed by atoms with Crippen LogP contribution in [0.1, 0.15) is 27.2 Å². The maximum absolute atomic E-state index is 5.49. The first-order chi connectivity index (χ1) is 4.09. The minimum Gasteiger partial charge on any atom is -0.316 e. The van der Waals surface area contributed by atoms with E-state index in [4.69, 9.17) is 11.5 Å². The fraction of sp³-hybridized carbons (Fsp3) is 1.00. The summed E-state index contributed by atoms with van der Waals surface area (Å²) in [5.74, 6) is 1.08. The second-order valence-corrected chi connectivity index (χ2v) is 2.82. The lowest BCUT2D eigenvalue weighted by atomic mass is 9.92. The van der Waals surface area contributed by atoms with E-state index in [1.807, 2.05) is 0 Å². The predicted octanol–water partition coefficient (Wildman–Crippen LogP) is 0.912. The van der Waals surface area contributed by atoms with E-state index in [1.54, 1.807) is 0 Å². The Bertz CT molecular complexity index is 71.3. The van der Waals surface area contributed by atoms with Crippen LogP contribution in [0.4, 0.5) is 0 Å². The molecule has 0 heterocycles. The summed E-state index contributed by atoms with van der Waals surface area (Å²) in [6.07, 6.45) is 1.01. The summed E-state index contributed by atoms with van der Waals surface area (Å²) in [4.78, 5) is 0. The van der Waals surface area contributed by atoms with Crippen molar-refractivity contribution in [2.24, 2.45) is 23.3 Å². The Hall–Kier alpha value is -0.0800. The standard InChI is InChI=1S/C7H18N2/c1-4-5(2)6(3)7(8)9/h5-7H,4,8-9H2,1-3H3/t5-,6+/m0/s1. The fourth-order valence-corrected chi connectivity index (χ4v) is 0.751. The van der Waals surface area contributed by atoms with Gasteiger partial charge in [0.15, 0.2) is 0 Å². The molecule has 9 heavy (non-hydrogen) atoms. The molecule has 0 aromatic rings. The van der Waals surface area contributed by atoms with Crippen molar-refractivity contribution in [1.82, 2.24) is 0 Å². The van der Waals surface area contributed by atoms with Gasteiger partial charge in [0, 0.05) is 0 Å². The summed E-state index contributed by atoms with van der Waals surface area (Å²) in [5.41, 5.74) is 11.0. The molecule has 0 saturated carbocycles. The van der Waals surface area contributed by atoms with Crippen LogP contribution in [0.25, 0.3) is 0 Å². The molecule has 0 aromatic heterocycles. The van der Waals surface area contributed by atoms with Gasteiger partial charge in [0.2, 0.25) is 0 Å². The first-order valence-corrected chi connectivity index (χ1v) is 3.60. The molecule has 0 aliphatic carbocycles. The highest BCUT2D eigenvalue weighted by Crippen LogP contribution is 2.14. The van der Waals surface area contributed by atoms with Gasteiger partial charge in [0.05, 0.1) is 6.17 Å². The largest absolute Gasteiger partial charge is 0.316 e. The molecular formula is C7H18N2. The Balaban J connectivity index is 3.58. The Morgan fingerprint density at radius 3 is 1.78 bits per heavy atom. The first-order valence-electron chi connectivity index (χ1n) is 3.60. The third-order valence-corrected chi connectivity index (χ3v) is 2.15. The van der Waals surface area contributed by atoms with Crippen LogP contribution in [0.15, 0.2) is 0 Å². The van der Waals surface area contributed by atoms with Gasteiger partial charge < -0.3 is 11.5 Å². The van der Waals surface area contributed by atoms with Gasteiger partial charge in [-0.25, -0.2) is 0 Å². The summed E-state index contributed by atoms with van der Waals surface area (Å²) in [6.45, 7) is 6.43. The van der Waals surface area contributed by atoms with Gasteiger partial charge in [0.1, 0.15) is 0 Å². The smallest absolute Gasteiger partial charge is 0.0549 e. The minimum absolute atomic E-state index is 0.153. The molecule has 0 aliphatic heterocycles. The van der Waals surface area contributed by atoms with Crippen molar-refractivity contribution in [3.63, 3.8) is 0 Å². The molecule has 2 heteroatoms. The van der Waals surface area contributed by atoms with Crippen molar-refractivity contribution in [2.75, 3.05) is 0 Å². The number of nitrogens with two attached hydrogens (primary N) is 2.